The molecule has 0 spiro atoms. The van der Waals surface area contributed by atoms with Crippen LogP contribution in [-0.2, 0) is 15.6 Å². The molecule has 7 heteroatoms. The molecule has 0 saturated heterocycles. The Hall–Kier alpha value is -0.920. The third-order valence-corrected chi connectivity index (χ3v) is 5.00. The molecule has 0 radical (unpaired) electrons. The molecule has 0 aliphatic heterocycles. The van der Waals surface area contributed by atoms with Gasteiger partial charge in [-0.2, -0.15) is 0 Å². The van der Waals surface area contributed by atoms with E-state index in [1.807, 2.05) is 0 Å². The van der Waals surface area contributed by atoms with Gasteiger partial charge in [-0.25, -0.2) is 13.4 Å². The van der Waals surface area contributed by atoms with Crippen molar-refractivity contribution >= 4 is 42.2 Å². The molecule has 2 aromatic rings. The van der Waals surface area contributed by atoms with Gasteiger partial charge in [0, 0.05) is 9.85 Å². The van der Waals surface area contributed by atoms with Crippen LogP contribution in [0.15, 0.2) is 39.0 Å². The van der Waals surface area contributed by atoms with Gasteiger partial charge in [-0.15, -0.1) is 11.3 Å². The third kappa shape index (κ3) is 3.05. The maximum Gasteiger partial charge on any atom is 0.184 e. The van der Waals surface area contributed by atoms with E-state index < -0.39 is 9.84 Å². The Morgan fingerprint density at radius 2 is 1.94 bits per heavy atom. The third-order valence-electron chi connectivity index (χ3n) is 2.08. The summed E-state index contributed by atoms with van der Waals surface area (Å²) in [5.41, 5.74) is 5.94. The van der Waals surface area contributed by atoms with E-state index in [0.717, 1.165) is 4.47 Å². The van der Waals surface area contributed by atoms with Crippen molar-refractivity contribution in [3.05, 3.63) is 39.8 Å². The molecule has 17 heavy (non-hydrogen) atoms. The van der Waals surface area contributed by atoms with Crippen LogP contribution in [-0.4, -0.2) is 13.4 Å². The Balaban J connectivity index is 2.28. The van der Waals surface area contributed by atoms with E-state index >= 15 is 0 Å². The Morgan fingerprint density at radius 1 is 1.29 bits per heavy atom. The first kappa shape index (κ1) is 12.5. The highest BCUT2D eigenvalue weighted by Gasteiger charge is 2.16. The average molecular weight is 333 g/mol. The van der Waals surface area contributed by atoms with Crippen LogP contribution >= 0.6 is 27.3 Å². The number of halogens is 1. The topological polar surface area (TPSA) is 73.0 Å². The van der Waals surface area contributed by atoms with Crippen molar-refractivity contribution in [2.45, 2.75) is 10.6 Å². The summed E-state index contributed by atoms with van der Waals surface area (Å²) < 4.78 is 24.9. The maximum atomic E-state index is 12.0. The van der Waals surface area contributed by atoms with Crippen LogP contribution in [0, 0.1) is 0 Å². The fourth-order valence-corrected chi connectivity index (χ4v) is 3.50. The zero-order valence-electron chi connectivity index (χ0n) is 8.63. The zero-order valence-corrected chi connectivity index (χ0v) is 11.8. The molecule has 0 unspecified atom stereocenters. The van der Waals surface area contributed by atoms with Gasteiger partial charge in [-0.1, -0.05) is 15.9 Å². The molecule has 1 aromatic carbocycles. The van der Waals surface area contributed by atoms with Crippen molar-refractivity contribution in [3.8, 4) is 0 Å². The second-order valence-corrected chi connectivity index (χ2v) is 7.19. The van der Waals surface area contributed by atoms with Crippen LogP contribution in [0.2, 0.25) is 0 Å². The summed E-state index contributed by atoms with van der Waals surface area (Å²) in [7, 11) is -3.35. The number of aromatic nitrogens is 1. The van der Waals surface area contributed by atoms with Crippen molar-refractivity contribution in [1.82, 2.24) is 4.98 Å². The second kappa shape index (κ2) is 4.75. The van der Waals surface area contributed by atoms with Gasteiger partial charge in [0.2, 0.25) is 0 Å². The highest BCUT2D eigenvalue weighted by atomic mass is 79.9. The SMILES string of the molecule is Nc1nc(CS(=O)(=O)c2ccc(Br)cc2)cs1. The van der Waals surface area contributed by atoms with Gasteiger partial charge >= 0.3 is 0 Å². The molecule has 90 valence electrons. The van der Waals surface area contributed by atoms with E-state index in [4.69, 9.17) is 5.73 Å². The van der Waals surface area contributed by atoms with Crippen LogP contribution in [0.5, 0.6) is 0 Å². The minimum atomic E-state index is -3.35. The number of nitrogen functional groups attached to an aromatic ring is 1. The summed E-state index contributed by atoms with van der Waals surface area (Å²) in [5, 5.41) is 2.04. The largest absolute Gasteiger partial charge is 0.375 e. The molecular formula is C10H9BrN2O2S2. The number of nitrogens with two attached hydrogens (primary N) is 1. The van der Waals surface area contributed by atoms with E-state index in [2.05, 4.69) is 20.9 Å². The zero-order chi connectivity index (χ0) is 12.5. The van der Waals surface area contributed by atoms with Gasteiger partial charge in [0.1, 0.15) is 0 Å². The van der Waals surface area contributed by atoms with E-state index in [9.17, 15) is 8.42 Å². The van der Waals surface area contributed by atoms with Crippen molar-refractivity contribution in [3.63, 3.8) is 0 Å². The summed E-state index contributed by atoms with van der Waals surface area (Å²) in [6.07, 6.45) is 0. The van der Waals surface area contributed by atoms with E-state index in [-0.39, 0.29) is 10.6 Å². The summed E-state index contributed by atoms with van der Waals surface area (Å²) >= 11 is 4.50. The molecule has 0 atom stereocenters. The lowest BCUT2D eigenvalue weighted by molar-refractivity contribution is 0.595. The van der Waals surface area contributed by atoms with Crippen LogP contribution in [0.1, 0.15) is 5.69 Å². The fourth-order valence-electron chi connectivity index (χ4n) is 1.31. The van der Waals surface area contributed by atoms with Crippen molar-refractivity contribution in [2.24, 2.45) is 0 Å². The number of hydrogen-bond donors (Lipinski definition) is 1. The van der Waals surface area contributed by atoms with Crippen molar-refractivity contribution in [2.75, 3.05) is 5.73 Å². The van der Waals surface area contributed by atoms with Gasteiger partial charge in [-0.3, -0.25) is 0 Å². The molecule has 0 amide bonds. The molecule has 4 nitrogen and oxygen atoms in total. The van der Waals surface area contributed by atoms with Gasteiger partial charge < -0.3 is 5.73 Å². The lowest BCUT2D eigenvalue weighted by Gasteiger charge is -2.02. The van der Waals surface area contributed by atoms with Gasteiger partial charge in [0.15, 0.2) is 15.0 Å². The van der Waals surface area contributed by atoms with Crippen LogP contribution in [0.3, 0.4) is 0 Å². The Labute approximate surface area is 112 Å². The first-order valence-corrected chi connectivity index (χ1v) is 7.98. The fraction of sp³-hybridized carbons (Fsp3) is 0.100. The predicted molar refractivity (Wildman–Crippen MR) is 71.6 cm³/mol. The molecule has 2 N–H and O–H groups in total. The van der Waals surface area contributed by atoms with Crippen LogP contribution < -0.4 is 5.73 Å². The number of sulfone groups is 1. The maximum absolute atomic E-state index is 12.0. The summed E-state index contributed by atoms with van der Waals surface area (Å²) in [6, 6.07) is 6.52. The lowest BCUT2D eigenvalue weighted by atomic mass is 10.4. The quantitative estimate of drug-likeness (QED) is 0.936. The molecule has 0 bridgehead atoms. The highest BCUT2D eigenvalue weighted by molar-refractivity contribution is 9.10. The van der Waals surface area contributed by atoms with Gasteiger partial charge in [0.05, 0.1) is 16.3 Å². The number of thiazole rings is 1. The van der Waals surface area contributed by atoms with Crippen LogP contribution in [0.4, 0.5) is 5.13 Å². The monoisotopic (exact) mass is 332 g/mol. The second-order valence-electron chi connectivity index (χ2n) is 3.39. The Kier molecular flexibility index (Phi) is 3.50. The average Bonchev–Trinajstić information content (AvgIpc) is 2.63. The Morgan fingerprint density at radius 3 is 2.47 bits per heavy atom. The first-order chi connectivity index (χ1) is 7.97. The number of rotatable bonds is 3. The standard InChI is InChI=1S/C10H9BrN2O2S2/c11-7-1-3-9(4-2-7)17(14,15)6-8-5-16-10(12)13-8/h1-5H,6H2,(H2,12,13). The number of hydrogen-bond acceptors (Lipinski definition) is 5. The summed E-state index contributed by atoms with van der Waals surface area (Å²) in [5.74, 6) is -0.123. The molecule has 0 aliphatic rings. The molecule has 0 saturated carbocycles. The van der Waals surface area contributed by atoms with Crippen LogP contribution in [0.25, 0.3) is 0 Å². The lowest BCUT2D eigenvalue weighted by Crippen LogP contribution is -2.05. The van der Waals surface area contributed by atoms with E-state index in [1.54, 1.807) is 29.6 Å². The molecule has 0 aliphatic carbocycles. The smallest absolute Gasteiger partial charge is 0.184 e. The van der Waals surface area contributed by atoms with E-state index in [1.165, 1.54) is 11.3 Å². The predicted octanol–water partition coefficient (Wildman–Crippen LogP) is 2.46. The first-order valence-electron chi connectivity index (χ1n) is 4.65. The molecule has 0 fully saturated rings. The Bertz CT molecular complexity index is 620. The molecular weight excluding hydrogens is 324 g/mol. The minimum absolute atomic E-state index is 0.123. The normalized spacial score (nSPS) is 11.6. The molecule has 1 aromatic heterocycles. The number of nitrogens with zero attached hydrogens (tertiary/aromatic N) is 1. The molecule has 1 heterocycles. The van der Waals surface area contributed by atoms with Crippen molar-refractivity contribution < 1.29 is 8.42 Å². The number of anilines is 1. The highest BCUT2D eigenvalue weighted by Crippen LogP contribution is 2.20. The molecule has 2 rings (SSSR count). The number of benzene rings is 1. The summed E-state index contributed by atoms with van der Waals surface area (Å²) in [6.45, 7) is 0. The van der Waals surface area contributed by atoms with Crippen molar-refractivity contribution in [1.29, 1.82) is 0 Å². The summed E-state index contributed by atoms with van der Waals surface area (Å²) in [4.78, 5) is 4.23. The van der Waals surface area contributed by atoms with Gasteiger partial charge in [-0.05, 0) is 24.3 Å². The van der Waals surface area contributed by atoms with E-state index in [0.29, 0.717) is 10.8 Å². The van der Waals surface area contributed by atoms with Gasteiger partial charge in [0.25, 0.3) is 0 Å². The minimum Gasteiger partial charge on any atom is -0.375 e.